The van der Waals surface area contributed by atoms with Gasteiger partial charge in [0.2, 0.25) is 0 Å². The molecule has 2 rings (SSSR count). The van der Waals surface area contributed by atoms with E-state index in [2.05, 4.69) is 0 Å². The molecule has 0 heterocycles. The van der Waals surface area contributed by atoms with Gasteiger partial charge in [0.05, 0.1) is 0 Å². The highest BCUT2D eigenvalue weighted by atomic mass is 19.1. The Morgan fingerprint density at radius 2 is 1.72 bits per heavy atom. The predicted molar refractivity (Wildman–Crippen MR) is 71.3 cm³/mol. The monoisotopic (exact) mass is 242 g/mol. The van der Waals surface area contributed by atoms with Crippen LogP contribution >= 0.6 is 0 Å². The average molecular weight is 242 g/mol. The number of aryl methyl sites for hydroxylation is 2. The molecule has 2 heteroatoms. The fourth-order valence-electron chi connectivity index (χ4n) is 2.16. The highest BCUT2D eigenvalue weighted by Crippen LogP contribution is 2.28. The van der Waals surface area contributed by atoms with Gasteiger partial charge in [-0.15, -0.1) is 0 Å². The van der Waals surface area contributed by atoms with Crippen LogP contribution in [0.5, 0.6) is 0 Å². The Kier molecular flexibility index (Phi) is 3.28. The molecule has 0 radical (unpaired) electrons. The molecule has 2 aromatic carbocycles. The van der Waals surface area contributed by atoms with Crippen molar-refractivity contribution in [3.05, 3.63) is 58.9 Å². The molecule has 92 valence electrons. The van der Waals surface area contributed by atoms with Gasteiger partial charge >= 0.3 is 0 Å². The van der Waals surface area contributed by atoms with Crippen LogP contribution in [0.25, 0.3) is 11.1 Å². The number of hydrogen-bond donors (Lipinski definition) is 0. The summed E-state index contributed by atoms with van der Waals surface area (Å²) >= 11 is 0. The third-order valence-corrected chi connectivity index (χ3v) is 3.03. The maximum Gasteiger partial charge on any atom is 0.160 e. The van der Waals surface area contributed by atoms with E-state index in [0.717, 1.165) is 16.7 Å². The molecule has 0 atom stereocenters. The minimum atomic E-state index is -0.324. The van der Waals surface area contributed by atoms with E-state index in [9.17, 15) is 9.18 Å². The minimum Gasteiger partial charge on any atom is -0.294 e. The molecular weight excluding hydrogens is 227 g/mol. The standard InChI is InChI=1S/C16H15FO/c1-10-4-6-14(11(2)8-10)16-9-13(17)5-7-15(16)12(3)18/h4-9H,1-3H3. The second-order valence-electron chi connectivity index (χ2n) is 4.56. The quantitative estimate of drug-likeness (QED) is 0.717. The predicted octanol–water partition coefficient (Wildman–Crippen LogP) is 4.31. The lowest BCUT2D eigenvalue weighted by atomic mass is 9.93. The van der Waals surface area contributed by atoms with E-state index in [0.29, 0.717) is 11.1 Å². The Hall–Kier alpha value is -1.96. The van der Waals surface area contributed by atoms with Gasteiger partial charge in [0, 0.05) is 5.56 Å². The summed E-state index contributed by atoms with van der Waals surface area (Å²) in [5.41, 5.74) is 4.33. The number of hydrogen-bond acceptors (Lipinski definition) is 1. The Balaban J connectivity index is 2.69. The number of Topliss-reactive ketones (excluding diaryl/α,β-unsaturated/α-hetero) is 1. The summed E-state index contributed by atoms with van der Waals surface area (Å²) in [6.07, 6.45) is 0. The van der Waals surface area contributed by atoms with Gasteiger partial charge in [-0.05, 0) is 55.7 Å². The van der Waals surface area contributed by atoms with Gasteiger partial charge in [0.1, 0.15) is 5.82 Å². The van der Waals surface area contributed by atoms with Gasteiger partial charge < -0.3 is 0 Å². The van der Waals surface area contributed by atoms with Crippen LogP contribution in [0.1, 0.15) is 28.4 Å². The molecule has 0 amide bonds. The van der Waals surface area contributed by atoms with E-state index in [1.807, 2.05) is 32.0 Å². The third kappa shape index (κ3) is 2.33. The Morgan fingerprint density at radius 1 is 1.00 bits per heavy atom. The largest absolute Gasteiger partial charge is 0.294 e. The normalized spacial score (nSPS) is 10.4. The highest BCUT2D eigenvalue weighted by Gasteiger charge is 2.12. The summed E-state index contributed by atoms with van der Waals surface area (Å²) in [7, 11) is 0. The van der Waals surface area contributed by atoms with Crippen LogP contribution in [-0.4, -0.2) is 5.78 Å². The van der Waals surface area contributed by atoms with Crippen LogP contribution in [0.4, 0.5) is 4.39 Å². The van der Waals surface area contributed by atoms with Crippen molar-refractivity contribution in [2.24, 2.45) is 0 Å². The van der Waals surface area contributed by atoms with E-state index in [1.165, 1.54) is 19.1 Å². The van der Waals surface area contributed by atoms with Gasteiger partial charge in [-0.1, -0.05) is 23.8 Å². The van der Waals surface area contributed by atoms with Gasteiger partial charge in [0.15, 0.2) is 5.78 Å². The fraction of sp³-hybridized carbons (Fsp3) is 0.188. The Bertz CT molecular complexity index is 614. The Labute approximate surface area is 106 Å². The van der Waals surface area contributed by atoms with E-state index in [1.54, 1.807) is 6.07 Å². The third-order valence-electron chi connectivity index (χ3n) is 3.03. The van der Waals surface area contributed by atoms with Crippen molar-refractivity contribution in [2.45, 2.75) is 20.8 Å². The number of rotatable bonds is 2. The zero-order valence-corrected chi connectivity index (χ0v) is 10.8. The van der Waals surface area contributed by atoms with E-state index in [4.69, 9.17) is 0 Å². The fourth-order valence-corrected chi connectivity index (χ4v) is 2.16. The maximum absolute atomic E-state index is 13.4. The first-order valence-corrected chi connectivity index (χ1v) is 5.87. The average Bonchev–Trinajstić information content (AvgIpc) is 2.28. The van der Waals surface area contributed by atoms with Crippen molar-refractivity contribution in [3.63, 3.8) is 0 Å². The van der Waals surface area contributed by atoms with Crippen molar-refractivity contribution >= 4 is 5.78 Å². The second-order valence-corrected chi connectivity index (χ2v) is 4.56. The molecule has 1 nitrogen and oxygen atoms in total. The number of carbonyl (C=O) groups excluding carboxylic acids is 1. The van der Waals surface area contributed by atoms with E-state index in [-0.39, 0.29) is 11.6 Å². The molecule has 2 aromatic rings. The first-order valence-electron chi connectivity index (χ1n) is 5.87. The summed E-state index contributed by atoms with van der Waals surface area (Å²) in [4.78, 5) is 11.6. The molecule has 0 saturated carbocycles. The molecule has 18 heavy (non-hydrogen) atoms. The molecule has 0 aliphatic heterocycles. The van der Waals surface area contributed by atoms with Gasteiger partial charge in [-0.25, -0.2) is 4.39 Å². The zero-order valence-electron chi connectivity index (χ0n) is 10.8. The van der Waals surface area contributed by atoms with Crippen molar-refractivity contribution in [1.82, 2.24) is 0 Å². The van der Waals surface area contributed by atoms with Crippen molar-refractivity contribution in [1.29, 1.82) is 0 Å². The van der Waals surface area contributed by atoms with Gasteiger partial charge in [-0.2, -0.15) is 0 Å². The lowest BCUT2D eigenvalue weighted by Crippen LogP contribution is -1.98. The first kappa shape index (κ1) is 12.5. The topological polar surface area (TPSA) is 17.1 Å². The number of carbonyl (C=O) groups is 1. The number of benzene rings is 2. The smallest absolute Gasteiger partial charge is 0.160 e. The molecule has 0 aliphatic carbocycles. The van der Waals surface area contributed by atoms with E-state index >= 15 is 0 Å². The molecule has 0 N–H and O–H groups in total. The maximum atomic E-state index is 13.4. The van der Waals surface area contributed by atoms with Crippen LogP contribution in [0.15, 0.2) is 36.4 Å². The first-order chi connectivity index (χ1) is 8.49. The zero-order chi connectivity index (χ0) is 13.3. The van der Waals surface area contributed by atoms with Crippen molar-refractivity contribution in [2.75, 3.05) is 0 Å². The molecule has 0 aromatic heterocycles. The van der Waals surface area contributed by atoms with E-state index < -0.39 is 0 Å². The van der Waals surface area contributed by atoms with Crippen LogP contribution in [-0.2, 0) is 0 Å². The molecule has 0 fully saturated rings. The molecule has 0 bridgehead atoms. The van der Waals surface area contributed by atoms with Gasteiger partial charge in [0.25, 0.3) is 0 Å². The van der Waals surface area contributed by atoms with Crippen molar-refractivity contribution < 1.29 is 9.18 Å². The molecule has 0 unspecified atom stereocenters. The summed E-state index contributed by atoms with van der Waals surface area (Å²) in [5, 5.41) is 0. The molecular formula is C16H15FO. The highest BCUT2D eigenvalue weighted by molar-refractivity contribution is 6.01. The SMILES string of the molecule is CC(=O)c1ccc(F)cc1-c1ccc(C)cc1C. The molecule has 0 spiro atoms. The Morgan fingerprint density at radius 3 is 2.33 bits per heavy atom. The number of ketones is 1. The minimum absolute atomic E-state index is 0.0509. The number of halogens is 1. The summed E-state index contributed by atoms with van der Waals surface area (Å²) < 4.78 is 13.4. The van der Waals surface area contributed by atoms with Gasteiger partial charge in [-0.3, -0.25) is 4.79 Å². The van der Waals surface area contributed by atoms with Crippen LogP contribution in [0, 0.1) is 19.7 Å². The molecule has 0 saturated heterocycles. The summed E-state index contributed by atoms with van der Waals surface area (Å²) in [6.45, 7) is 5.48. The summed E-state index contributed by atoms with van der Waals surface area (Å²) in [5.74, 6) is -0.375. The second kappa shape index (κ2) is 4.73. The van der Waals surface area contributed by atoms with Crippen LogP contribution < -0.4 is 0 Å². The van der Waals surface area contributed by atoms with Crippen molar-refractivity contribution in [3.8, 4) is 11.1 Å². The lowest BCUT2D eigenvalue weighted by molar-refractivity contribution is 0.101. The van der Waals surface area contributed by atoms with Crippen LogP contribution in [0.3, 0.4) is 0 Å². The lowest BCUT2D eigenvalue weighted by Gasteiger charge is -2.11. The van der Waals surface area contributed by atoms with Crippen LogP contribution in [0.2, 0.25) is 0 Å². The molecule has 0 aliphatic rings. The summed E-state index contributed by atoms with van der Waals surface area (Å²) in [6, 6.07) is 10.2.